The van der Waals surface area contributed by atoms with Crippen molar-refractivity contribution in [3.8, 4) is 22.6 Å². The molecular weight excluding hydrogens is 258 g/mol. The van der Waals surface area contributed by atoms with E-state index >= 15 is 0 Å². The number of anilines is 1. The summed E-state index contributed by atoms with van der Waals surface area (Å²) in [6.07, 6.45) is 0. The van der Waals surface area contributed by atoms with Crippen LogP contribution in [0.1, 0.15) is 10.4 Å². The van der Waals surface area contributed by atoms with E-state index in [1.54, 1.807) is 44.6 Å². The number of carbonyl (C=O) groups is 1. The normalized spacial score (nSPS) is 10.1. The molecule has 0 spiro atoms. The quantitative estimate of drug-likeness (QED) is 0.837. The molecule has 5 heteroatoms. The van der Waals surface area contributed by atoms with Crippen molar-refractivity contribution in [2.45, 2.75) is 0 Å². The lowest BCUT2D eigenvalue weighted by molar-refractivity contribution is 0.0697. The Labute approximate surface area is 116 Å². The van der Waals surface area contributed by atoms with Gasteiger partial charge in [0.1, 0.15) is 0 Å². The van der Waals surface area contributed by atoms with Crippen LogP contribution in [0.5, 0.6) is 11.5 Å². The summed E-state index contributed by atoms with van der Waals surface area (Å²) in [5, 5.41) is 9.04. The summed E-state index contributed by atoms with van der Waals surface area (Å²) in [7, 11) is 3.09. The van der Waals surface area contributed by atoms with E-state index in [1.807, 2.05) is 0 Å². The van der Waals surface area contributed by atoms with Crippen molar-refractivity contribution >= 4 is 11.7 Å². The summed E-state index contributed by atoms with van der Waals surface area (Å²) in [4.78, 5) is 11.0. The zero-order chi connectivity index (χ0) is 14.7. The van der Waals surface area contributed by atoms with Crippen molar-refractivity contribution < 1.29 is 19.4 Å². The van der Waals surface area contributed by atoms with E-state index in [4.69, 9.17) is 20.3 Å². The second-order valence-corrected chi connectivity index (χ2v) is 4.18. The highest BCUT2D eigenvalue weighted by Crippen LogP contribution is 2.34. The van der Waals surface area contributed by atoms with Gasteiger partial charge in [0.2, 0.25) is 0 Å². The fourth-order valence-electron chi connectivity index (χ4n) is 1.94. The van der Waals surface area contributed by atoms with Crippen LogP contribution in [0, 0.1) is 0 Å². The molecule has 0 fully saturated rings. The number of carboxylic acids is 1. The average Bonchev–Trinajstić information content (AvgIpc) is 2.46. The molecule has 0 radical (unpaired) electrons. The minimum Gasteiger partial charge on any atom is -0.493 e. The van der Waals surface area contributed by atoms with Gasteiger partial charge in [-0.05, 0) is 35.9 Å². The van der Waals surface area contributed by atoms with Crippen molar-refractivity contribution in [2.24, 2.45) is 0 Å². The zero-order valence-electron chi connectivity index (χ0n) is 11.2. The van der Waals surface area contributed by atoms with E-state index in [2.05, 4.69) is 0 Å². The minimum atomic E-state index is -0.994. The van der Waals surface area contributed by atoms with Gasteiger partial charge in [-0.3, -0.25) is 0 Å². The summed E-state index contributed by atoms with van der Waals surface area (Å²) in [5.41, 5.74) is 8.02. The number of benzene rings is 2. The molecule has 0 saturated carbocycles. The molecule has 2 rings (SSSR count). The molecule has 0 aromatic heterocycles. The Bertz CT molecular complexity index is 652. The number of hydrogen-bond acceptors (Lipinski definition) is 4. The molecular formula is C15H15NO4. The molecule has 0 atom stereocenters. The van der Waals surface area contributed by atoms with Crippen LogP contribution in [0.15, 0.2) is 36.4 Å². The number of nitrogens with two attached hydrogens (primary N) is 1. The number of carboxylic acid groups (broad SMARTS) is 1. The van der Waals surface area contributed by atoms with Gasteiger partial charge in [0, 0.05) is 11.3 Å². The second kappa shape index (κ2) is 5.52. The summed E-state index contributed by atoms with van der Waals surface area (Å²) in [6, 6.07) is 9.91. The van der Waals surface area contributed by atoms with Gasteiger partial charge in [-0.1, -0.05) is 6.07 Å². The monoisotopic (exact) mass is 273 g/mol. The van der Waals surface area contributed by atoms with Gasteiger partial charge in [0.25, 0.3) is 0 Å². The first-order valence-electron chi connectivity index (χ1n) is 5.92. The SMILES string of the molecule is COc1ccc(-c2cc(C(=O)O)ccc2N)cc1OC. The molecule has 0 amide bonds. The fraction of sp³-hybridized carbons (Fsp3) is 0.133. The summed E-state index contributed by atoms with van der Waals surface area (Å²) < 4.78 is 10.4. The molecule has 0 saturated heterocycles. The number of nitrogen functional groups attached to an aromatic ring is 1. The van der Waals surface area contributed by atoms with E-state index in [0.717, 1.165) is 5.56 Å². The van der Waals surface area contributed by atoms with E-state index in [-0.39, 0.29) is 5.56 Å². The fourth-order valence-corrected chi connectivity index (χ4v) is 1.94. The maximum Gasteiger partial charge on any atom is 0.335 e. The maximum absolute atomic E-state index is 11.0. The van der Waals surface area contributed by atoms with E-state index in [9.17, 15) is 4.79 Å². The summed E-state index contributed by atoms with van der Waals surface area (Å²) in [6.45, 7) is 0. The lowest BCUT2D eigenvalue weighted by Gasteiger charge is -2.11. The number of rotatable bonds is 4. The third kappa shape index (κ3) is 2.51. The highest BCUT2D eigenvalue weighted by molar-refractivity contribution is 5.92. The largest absolute Gasteiger partial charge is 0.493 e. The minimum absolute atomic E-state index is 0.184. The Morgan fingerprint density at radius 2 is 1.75 bits per heavy atom. The molecule has 104 valence electrons. The summed E-state index contributed by atoms with van der Waals surface area (Å²) in [5.74, 6) is 0.168. The van der Waals surface area contributed by atoms with Crippen LogP contribution < -0.4 is 15.2 Å². The van der Waals surface area contributed by atoms with Crippen LogP contribution in [-0.4, -0.2) is 25.3 Å². The Morgan fingerprint density at radius 1 is 1.05 bits per heavy atom. The first-order chi connectivity index (χ1) is 9.56. The molecule has 3 N–H and O–H groups in total. The van der Waals surface area contributed by atoms with Crippen molar-refractivity contribution in [1.29, 1.82) is 0 Å². The van der Waals surface area contributed by atoms with Crippen molar-refractivity contribution in [1.82, 2.24) is 0 Å². The van der Waals surface area contributed by atoms with Crippen LogP contribution in [0.3, 0.4) is 0 Å². The lowest BCUT2D eigenvalue weighted by atomic mass is 10.0. The van der Waals surface area contributed by atoms with Crippen LogP contribution >= 0.6 is 0 Å². The molecule has 0 bridgehead atoms. The molecule has 0 unspecified atom stereocenters. The highest BCUT2D eigenvalue weighted by atomic mass is 16.5. The van der Waals surface area contributed by atoms with Gasteiger partial charge in [0.05, 0.1) is 19.8 Å². The molecule has 0 aliphatic rings. The number of ether oxygens (including phenoxy) is 2. The maximum atomic E-state index is 11.0. The van der Waals surface area contributed by atoms with Crippen molar-refractivity contribution in [3.05, 3.63) is 42.0 Å². The standard InChI is InChI=1S/C15H15NO4/c1-19-13-6-4-9(8-14(13)20-2)11-7-10(15(17)18)3-5-12(11)16/h3-8H,16H2,1-2H3,(H,17,18). The van der Waals surface area contributed by atoms with Crippen LogP contribution in [0.25, 0.3) is 11.1 Å². The van der Waals surface area contributed by atoms with E-state index < -0.39 is 5.97 Å². The summed E-state index contributed by atoms with van der Waals surface area (Å²) >= 11 is 0. The highest BCUT2D eigenvalue weighted by Gasteiger charge is 2.11. The number of methoxy groups -OCH3 is 2. The predicted octanol–water partition coefficient (Wildman–Crippen LogP) is 2.65. The van der Waals surface area contributed by atoms with E-state index in [1.165, 1.54) is 6.07 Å². The van der Waals surface area contributed by atoms with Crippen molar-refractivity contribution in [3.63, 3.8) is 0 Å². The molecule has 5 nitrogen and oxygen atoms in total. The smallest absolute Gasteiger partial charge is 0.335 e. The van der Waals surface area contributed by atoms with Gasteiger partial charge >= 0.3 is 5.97 Å². The van der Waals surface area contributed by atoms with Gasteiger partial charge < -0.3 is 20.3 Å². The van der Waals surface area contributed by atoms with Crippen LogP contribution in [0.2, 0.25) is 0 Å². The van der Waals surface area contributed by atoms with Crippen LogP contribution in [0.4, 0.5) is 5.69 Å². The van der Waals surface area contributed by atoms with Gasteiger partial charge in [-0.2, -0.15) is 0 Å². The van der Waals surface area contributed by atoms with Gasteiger partial charge in [0.15, 0.2) is 11.5 Å². The molecule has 20 heavy (non-hydrogen) atoms. The zero-order valence-corrected chi connectivity index (χ0v) is 11.2. The third-order valence-electron chi connectivity index (χ3n) is 2.99. The third-order valence-corrected chi connectivity index (χ3v) is 2.99. The lowest BCUT2D eigenvalue weighted by Crippen LogP contribution is -1.99. The van der Waals surface area contributed by atoms with Crippen molar-refractivity contribution in [2.75, 3.05) is 20.0 Å². The Hall–Kier alpha value is -2.69. The molecule has 0 heterocycles. The Kier molecular flexibility index (Phi) is 3.79. The Morgan fingerprint density at radius 3 is 2.35 bits per heavy atom. The molecule has 0 aliphatic heterocycles. The number of hydrogen-bond donors (Lipinski definition) is 2. The molecule has 2 aromatic rings. The second-order valence-electron chi connectivity index (χ2n) is 4.18. The first kappa shape index (κ1) is 13.7. The molecule has 0 aliphatic carbocycles. The first-order valence-corrected chi connectivity index (χ1v) is 5.92. The van der Waals surface area contributed by atoms with Gasteiger partial charge in [-0.25, -0.2) is 4.79 Å². The van der Waals surface area contributed by atoms with Crippen LogP contribution in [-0.2, 0) is 0 Å². The van der Waals surface area contributed by atoms with E-state index in [0.29, 0.717) is 22.7 Å². The molecule has 2 aromatic carbocycles. The van der Waals surface area contributed by atoms with Gasteiger partial charge in [-0.15, -0.1) is 0 Å². The average molecular weight is 273 g/mol. The predicted molar refractivity (Wildman–Crippen MR) is 76.4 cm³/mol. The topological polar surface area (TPSA) is 81.8 Å². The Balaban J connectivity index is 2.56. The number of aromatic carboxylic acids is 1.